The molecule has 0 saturated carbocycles. The SMILES string of the molecule is CC(C)(C)Cc1noc2cc(Nc3n[nH]c4cc(F)cnc34)cc(F)c12. The molecule has 0 radical (unpaired) electrons. The molecule has 0 aliphatic rings. The Bertz CT molecular complexity index is 1110. The molecule has 0 aliphatic heterocycles. The van der Waals surface area contributed by atoms with Gasteiger partial charge in [0.05, 0.1) is 22.8 Å². The van der Waals surface area contributed by atoms with E-state index in [1.165, 1.54) is 12.1 Å². The number of aromatic amines is 1. The highest BCUT2D eigenvalue weighted by molar-refractivity contribution is 5.90. The standard InChI is InChI=1S/C18H17F2N5O/c1-18(2,3)7-13-15-11(20)5-10(6-14(15)26-25-13)22-17-16-12(23-24-17)4-9(19)8-21-16/h4-6,8H,7H2,1-3H3,(H2,22,23,24). The minimum Gasteiger partial charge on any atom is -0.356 e. The average molecular weight is 357 g/mol. The van der Waals surface area contributed by atoms with Crippen LogP contribution < -0.4 is 5.32 Å². The molecule has 26 heavy (non-hydrogen) atoms. The lowest BCUT2D eigenvalue weighted by molar-refractivity contribution is 0.382. The van der Waals surface area contributed by atoms with E-state index in [2.05, 4.69) is 46.4 Å². The zero-order valence-electron chi connectivity index (χ0n) is 14.5. The fourth-order valence-corrected chi connectivity index (χ4v) is 2.88. The van der Waals surface area contributed by atoms with E-state index in [9.17, 15) is 8.78 Å². The minimum absolute atomic E-state index is 0.0396. The topological polar surface area (TPSA) is 79.6 Å². The first-order valence-electron chi connectivity index (χ1n) is 8.15. The minimum atomic E-state index is -0.465. The number of nitrogens with one attached hydrogen (secondary N) is 2. The summed E-state index contributed by atoms with van der Waals surface area (Å²) >= 11 is 0. The second-order valence-electron chi connectivity index (χ2n) is 7.44. The van der Waals surface area contributed by atoms with Crippen LogP contribution in [0.1, 0.15) is 26.5 Å². The highest BCUT2D eigenvalue weighted by atomic mass is 19.1. The molecule has 3 aromatic heterocycles. The summed E-state index contributed by atoms with van der Waals surface area (Å²) in [5.41, 5.74) is 2.25. The lowest BCUT2D eigenvalue weighted by atomic mass is 9.89. The van der Waals surface area contributed by atoms with Crippen molar-refractivity contribution in [2.75, 3.05) is 5.32 Å². The molecule has 6 nitrogen and oxygen atoms in total. The van der Waals surface area contributed by atoms with Crippen LogP contribution in [-0.4, -0.2) is 20.3 Å². The number of hydrogen-bond donors (Lipinski definition) is 2. The van der Waals surface area contributed by atoms with Crippen LogP contribution in [0.3, 0.4) is 0 Å². The number of halogens is 2. The first kappa shape index (κ1) is 16.4. The number of pyridine rings is 1. The highest BCUT2D eigenvalue weighted by Crippen LogP contribution is 2.31. The van der Waals surface area contributed by atoms with Gasteiger partial charge in [-0.3, -0.25) is 5.10 Å². The van der Waals surface area contributed by atoms with Crippen LogP contribution in [0.15, 0.2) is 28.9 Å². The molecule has 8 heteroatoms. The maximum absolute atomic E-state index is 14.7. The third kappa shape index (κ3) is 2.98. The molecule has 3 heterocycles. The Labute approximate surface area is 147 Å². The Hall–Kier alpha value is -3.03. The third-order valence-electron chi connectivity index (χ3n) is 3.92. The van der Waals surface area contributed by atoms with Crippen molar-refractivity contribution in [2.24, 2.45) is 5.41 Å². The molecule has 0 aliphatic carbocycles. The van der Waals surface area contributed by atoms with Gasteiger partial charge < -0.3 is 9.84 Å². The van der Waals surface area contributed by atoms with Crippen molar-refractivity contribution in [2.45, 2.75) is 27.2 Å². The fourth-order valence-electron chi connectivity index (χ4n) is 2.88. The number of anilines is 2. The van der Waals surface area contributed by atoms with Crippen molar-refractivity contribution in [3.8, 4) is 0 Å². The number of H-pyrrole nitrogens is 1. The Kier molecular flexibility index (Phi) is 3.64. The molecule has 0 unspecified atom stereocenters. The summed E-state index contributed by atoms with van der Waals surface area (Å²) in [5.74, 6) is -0.522. The van der Waals surface area contributed by atoms with Crippen LogP contribution in [-0.2, 0) is 6.42 Å². The lowest BCUT2D eigenvalue weighted by Crippen LogP contribution is -2.09. The first-order valence-corrected chi connectivity index (χ1v) is 8.15. The van der Waals surface area contributed by atoms with E-state index in [0.717, 1.165) is 6.20 Å². The van der Waals surface area contributed by atoms with Crippen LogP contribution in [0.4, 0.5) is 20.3 Å². The summed E-state index contributed by atoms with van der Waals surface area (Å²) in [6.45, 7) is 6.17. The molecule has 2 N–H and O–H groups in total. The van der Waals surface area contributed by atoms with Gasteiger partial charge in [0.1, 0.15) is 17.2 Å². The van der Waals surface area contributed by atoms with Gasteiger partial charge in [0, 0.05) is 17.8 Å². The van der Waals surface area contributed by atoms with E-state index in [4.69, 9.17) is 4.52 Å². The number of fused-ring (bicyclic) bond motifs is 2. The van der Waals surface area contributed by atoms with Gasteiger partial charge in [0.15, 0.2) is 11.4 Å². The second kappa shape index (κ2) is 5.76. The van der Waals surface area contributed by atoms with Crippen LogP contribution in [0.25, 0.3) is 22.0 Å². The summed E-state index contributed by atoms with van der Waals surface area (Å²) in [6, 6.07) is 4.30. The molecule has 0 atom stereocenters. The summed E-state index contributed by atoms with van der Waals surface area (Å²) < 4.78 is 33.2. The van der Waals surface area contributed by atoms with E-state index < -0.39 is 11.6 Å². The van der Waals surface area contributed by atoms with Crippen molar-refractivity contribution in [3.63, 3.8) is 0 Å². The van der Waals surface area contributed by atoms with Crippen molar-refractivity contribution in [1.29, 1.82) is 0 Å². The highest BCUT2D eigenvalue weighted by Gasteiger charge is 2.20. The monoisotopic (exact) mass is 357 g/mol. The normalized spacial score (nSPS) is 12.2. The number of nitrogens with zero attached hydrogens (tertiary/aromatic N) is 3. The van der Waals surface area contributed by atoms with Crippen molar-refractivity contribution < 1.29 is 13.3 Å². The number of rotatable bonds is 3. The van der Waals surface area contributed by atoms with Gasteiger partial charge in [0.2, 0.25) is 0 Å². The van der Waals surface area contributed by atoms with E-state index in [1.54, 1.807) is 6.07 Å². The molecule has 0 bridgehead atoms. The molecular weight excluding hydrogens is 340 g/mol. The van der Waals surface area contributed by atoms with E-state index in [-0.39, 0.29) is 5.41 Å². The van der Waals surface area contributed by atoms with Gasteiger partial charge in [-0.2, -0.15) is 5.10 Å². The van der Waals surface area contributed by atoms with Crippen LogP contribution in [0.5, 0.6) is 0 Å². The van der Waals surface area contributed by atoms with Gasteiger partial charge in [-0.15, -0.1) is 0 Å². The zero-order chi connectivity index (χ0) is 18.5. The number of benzene rings is 1. The Morgan fingerprint density at radius 3 is 2.77 bits per heavy atom. The molecule has 1 aromatic carbocycles. The molecule has 0 fully saturated rings. The van der Waals surface area contributed by atoms with Crippen molar-refractivity contribution >= 4 is 33.5 Å². The number of hydrogen-bond acceptors (Lipinski definition) is 5. The van der Waals surface area contributed by atoms with Gasteiger partial charge in [-0.1, -0.05) is 25.9 Å². The Morgan fingerprint density at radius 1 is 1.19 bits per heavy atom. The molecule has 134 valence electrons. The Balaban J connectivity index is 1.71. The maximum atomic E-state index is 14.7. The summed E-state index contributed by atoms with van der Waals surface area (Å²) in [5, 5.41) is 14.1. The summed E-state index contributed by atoms with van der Waals surface area (Å²) in [6.07, 6.45) is 1.70. The molecule has 4 rings (SSSR count). The summed E-state index contributed by atoms with van der Waals surface area (Å²) in [7, 11) is 0. The zero-order valence-corrected chi connectivity index (χ0v) is 14.5. The van der Waals surface area contributed by atoms with Crippen molar-refractivity contribution in [1.82, 2.24) is 20.3 Å². The largest absolute Gasteiger partial charge is 0.356 e. The first-order chi connectivity index (χ1) is 12.3. The third-order valence-corrected chi connectivity index (χ3v) is 3.92. The van der Waals surface area contributed by atoms with Gasteiger partial charge in [-0.25, -0.2) is 13.8 Å². The second-order valence-corrected chi connectivity index (χ2v) is 7.44. The molecule has 4 aromatic rings. The van der Waals surface area contributed by atoms with Crippen molar-refractivity contribution in [3.05, 3.63) is 41.7 Å². The smallest absolute Gasteiger partial charge is 0.178 e. The van der Waals surface area contributed by atoms with E-state index in [1.807, 2.05) is 0 Å². The van der Waals surface area contributed by atoms with E-state index >= 15 is 0 Å². The van der Waals surface area contributed by atoms with Crippen LogP contribution >= 0.6 is 0 Å². The van der Waals surface area contributed by atoms with Crippen LogP contribution in [0.2, 0.25) is 0 Å². The maximum Gasteiger partial charge on any atom is 0.178 e. The quantitative estimate of drug-likeness (QED) is 0.555. The molecular formula is C18H17F2N5O. The lowest BCUT2D eigenvalue weighted by Gasteiger charge is -2.15. The van der Waals surface area contributed by atoms with E-state index in [0.29, 0.717) is 45.6 Å². The van der Waals surface area contributed by atoms with Gasteiger partial charge in [-0.05, 0) is 17.9 Å². The summed E-state index contributed by atoms with van der Waals surface area (Å²) in [4.78, 5) is 4.01. The molecule has 0 spiro atoms. The average Bonchev–Trinajstić information content (AvgIpc) is 3.10. The predicted molar refractivity (Wildman–Crippen MR) is 94.3 cm³/mol. The molecule has 0 saturated heterocycles. The van der Waals surface area contributed by atoms with Gasteiger partial charge >= 0.3 is 0 Å². The molecule has 0 amide bonds. The Morgan fingerprint density at radius 2 is 2.00 bits per heavy atom. The number of aromatic nitrogens is 4. The predicted octanol–water partition coefficient (Wildman–Crippen LogP) is 4.71. The van der Waals surface area contributed by atoms with Crippen LogP contribution in [0, 0.1) is 17.0 Å². The fraction of sp³-hybridized carbons (Fsp3) is 0.278. The van der Waals surface area contributed by atoms with Gasteiger partial charge in [0.25, 0.3) is 0 Å².